The van der Waals surface area contributed by atoms with Gasteiger partial charge < -0.3 is 10.5 Å². The Balaban J connectivity index is 0.00000264. The summed E-state index contributed by atoms with van der Waals surface area (Å²) < 4.78 is 44.6. The first-order chi connectivity index (χ1) is 10.3. The van der Waals surface area contributed by atoms with Crippen molar-refractivity contribution >= 4 is 28.1 Å². The van der Waals surface area contributed by atoms with E-state index in [1.165, 1.54) is 0 Å². The predicted octanol–water partition coefficient (Wildman–Crippen LogP) is 1.28. The molecule has 1 heterocycles. The summed E-state index contributed by atoms with van der Waals surface area (Å²) in [6, 6.07) is 1.22. The molecule has 0 saturated carbocycles. The minimum atomic E-state index is -4.05. The maximum Gasteiger partial charge on any atom is 0.315 e. The number of nitro groups is 1. The maximum atomic E-state index is 13.9. The molecular weight excluding hydrogens is 353 g/mol. The third kappa shape index (κ3) is 3.89. The van der Waals surface area contributed by atoms with Gasteiger partial charge >= 0.3 is 5.69 Å². The second kappa shape index (κ2) is 7.39. The van der Waals surface area contributed by atoms with Crippen molar-refractivity contribution in [3.8, 4) is 5.75 Å². The van der Waals surface area contributed by atoms with Gasteiger partial charge in [0.25, 0.3) is 0 Å². The van der Waals surface area contributed by atoms with Crippen LogP contribution in [-0.2, 0) is 10.0 Å². The highest BCUT2D eigenvalue weighted by atomic mass is 35.5. The molecule has 0 aliphatic carbocycles. The van der Waals surface area contributed by atoms with Crippen molar-refractivity contribution in [3.63, 3.8) is 0 Å². The van der Waals surface area contributed by atoms with E-state index in [2.05, 4.69) is 4.74 Å². The SMILES string of the molecule is COc1c(F)cc(S(=O)(=O)N2CCCC(N)C2)cc1[N+](=O)[O-].Cl. The summed E-state index contributed by atoms with van der Waals surface area (Å²) in [4.78, 5) is 9.60. The third-order valence-corrected chi connectivity index (χ3v) is 5.30. The van der Waals surface area contributed by atoms with E-state index < -0.39 is 37.1 Å². The summed E-state index contributed by atoms with van der Waals surface area (Å²) in [5, 5.41) is 11.0. The quantitative estimate of drug-likeness (QED) is 0.631. The zero-order chi connectivity index (χ0) is 16.5. The number of piperidine rings is 1. The minimum absolute atomic E-state index is 0. The van der Waals surface area contributed by atoms with Crippen LogP contribution < -0.4 is 10.5 Å². The van der Waals surface area contributed by atoms with E-state index in [1.54, 1.807) is 0 Å². The Kier molecular flexibility index (Phi) is 6.28. The maximum absolute atomic E-state index is 13.9. The first-order valence-corrected chi connectivity index (χ1v) is 7.99. The van der Waals surface area contributed by atoms with Crippen molar-refractivity contribution in [2.45, 2.75) is 23.8 Å². The molecule has 2 N–H and O–H groups in total. The molecule has 1 aliphatic rings. The molecule has 8 nitrogen and oxygen atoms in total. The lowest BCUT2D eigenvalue weighted by atomic mass is 10.1. The van der Waals surface area contributed by atoms with Crippen molar-refractivity contribution in [1.82, 2.24) is 4.31 Å². The van der Waals surface area contributed by atoms with Gasteiger partial charge in [0.2, 0.25) is 15.8 Å². The predicted molar refractivity (Wildman–Crippen MR) is 82.8 cm³/mol. The van der Waals surface area contributed by atoms with Crippen molar-refractivity contribution in [2.24, 2.45) is 5.73 Å². The molecule has 1 saturated heterocycles. The second-order valence-corrected chi connectivity index (χ2v) is 6.92. The van der Waals surface area contributed by atoms with E-state index in [0.29, 0.717) is 12.8 Å². The lowest BCUT2D eigenvalue weighted by Crippen LogP contribution is -2.45. The van der Waals surface area contributed by atoms with Crippen molar-refractivity contribution in [1.29, 1.82) is 0 Å². The molecule has 1 aliphatic heterocycles. The number of nitrogens with zero attached hydrogens (tertiary/aromatic N) is 2. The fraction of sp³-hybridized carbons (Fsp3) is 0.500. The average molecular weight is 370 g/mol. The van der Waals surface area contributed by atoms with Crippen LogP contribution in [0.25, 0.3) is 0 Å². The van der Waals surface area contributed by atoms with Gasteiger partial charge in [-0.05, 0) is 18.9 Å². The van der Waals surface area contributed by atoms with Crippen LogP contribution in [-0.4, -0.2) is 43.9 Å². The minimum Gasteiger partial charge on any atom is -0.488 e. The van der Waals surface area contributed by atoms with Gasteiger partial charge in [-0.2, -0.15) is 4.31 Å². The Morgan fingerprint density at radius 1 is 1.48 bits per heavy atom. The van der Waals surface area contributed by atoms with Crippen molar-refractivity contribution in [2.75, 3.05) is 20.2 Å². The highest BCUT2D eigenvalue weighted by Crippen LogP contribution is 2.34. The number of methoxy groups -OCH3 is 1. The second-order valence-electron chi connectivity index (χ2n) is 4.98. The van der Waals surface area contributed by atoms with Crippen LogP contribution in [0.1, 0.15) is 12.8 Å². The van der Waals surface area contributed by atoms with Crippen LogP contribution in [0.5, 0.6) is 5.75 Å². The number of benzene rings is 1. The Labute approximate surface area is 139 Å². The Morgan fingerprint density at radius 2 is 2.13 bits per heavy atom. The Bertz CT molecular complexity index is 700. The van der Waals surface area contributed by atoms with Crippen LogP contribution in [0.15, 0.2) is 17.0 Å². The summed E-state index contributed by atoms with van der Waals surface area (Å²) in [5.41, 5.74) is 5.01. The molecule has 0 bridgehead atoms. The van der Waals surface area contributed by atoms with Gasteiger partial charge in [-0.3, -0.25) is 10.1 Å². The van der Waals surface area contributed by atoms with Gasteiger partial charge in [0.1, 0.15) is 0 Å². The van der Waals surface area contributed by atoms with E-state index in [1.807, 2.05) is 0 Å². The fourth-order valence-corrected chi connectivity index (χ4v) is 3.95. The molecule has 0 amide bonds. The Morgan fingerprint density at radius 3 is 2.65 bits per heavy atom. The third-order valence-electron chi connectivity index (χ3n) is 3.46. The highest BCUT2D eigenvalue weighted by molar-refractivity contribution is 7.89. The van der Waals surface area contributed by atoms with Gasteiger partial charge in [-0.25, -0.2) is 12.8 Å². The van der Waals surface area contributed by atoms with Crippen LogP contribution in [0.2, 0.25) is 0 Å². The van der Waals surface area contributed by atoms with E-state index >= 15 is 0 Å². The number of nitro benzene ring substituents is 1. The van der Waals surface area contributed by atoms with Gasteiger partial charge in [0.05, 0.1) is 16.9 Å². The summed E-state index contributed by atoms with van der Waals surface area (Å²) in [6.45, 7) is 0.348. The smallest absolute Gasteiger partial charge is 0.315 e. The van der Waals surface area contributed by atoms with Crippen molar-refractivity contribution in [3.05, 3.63) is 28.1 Å². The molecule has 0 spiro atoms. The average Bonchev–Trinajstić information content (AvgIpc) is 2.46. The van der Waals surface area contributed by atoms with E-state index in [-0.39, 0.29) is 31.5 Å². The van der Waals surface area contributed by atoms with E-state index in [0.717, 1.165) is 23.5 Å². The molecule has 0 radical (unpaired) electrons. The molecule has 2 rings (SSSR count). The van der Waals surface area contributed by atoms with Crippen LogP contribution in [0.3, 0.4) is 0 Å². The van der Waals surface area contributed by atoms with E-state index in [9.17, 15) is 22.9 Å². The fourth-order valence-electron chi connectivity index (χ4n) is 2.38. The Hall–Kier alpha value is -1.49. The van der Waals surface area contributed by atoms with Crippen LogP contribution in [0, 0.1) is 15.9 Å². The van der Waals surface area contributed by atoms with Crippen LogP contribution in [0.4, 0.5) is 10.1 Å². The highest BCUT2D eigenvalue weighted by Gasteiger charge is 2.32. The molecule has 1 unspecified atom stereocenters. The molecule has 0 aromatic heterocycles. The number of hydrogen-bond donors (Lipinski definition) is 1. The molecule has 1 atom stereocenters. The lowest BCUT2D eigenvalue weighted by Gasteiger charge is -2.29. The normalized spacial score (nSPS) is 19.0. The molecule has 23 heavy (non-hydrogen) atoms. The van der Waals surface area contributed by atoms with Crippen LogP contribution >= 0.6 is 12.4 Å². The summed E-state index contributed by atoms with van der Waals surface area (Å²) in [7, 11) is -2.97. The topological polar surface area (TPSA) is 116 Å². The van der Waals surface area contributed by atoms with Gasteiger partial charge in [-0.15, -0.1) is 12.4 Å². The first-order valence-electron chi connectivity index (χ1n) is 6.55. The van der Waals surface area contributed by atoms with E-state index in [4.69, 9.17) is 5.73 Å². The number of halogens is 2. The van der Waals surface area contributed by atoms with Gasteiger partial charge in [-0.1, -0.05) is 0 Å². The summed E-state index contributed by atoms with van der Waals surface area (Å²) >= 11 is 0. The molecule has 11 heteroatoms. The first kappa shape index (κ1) is 19.6. The summed E-state index contributed by atoms with van der Waals surface area (Å²) in [6.07, 6.45) is 1.28. The van der Waals surface area contributed by atoms with Gasteiger partial charge in [0, 0.05) is 25.2 Å². The standard InChI is InChI=1S/C12H16FN3O5S.ClH/c1-21-12-10(13)5-9(6-11(12)16(17)18)22(19,20)15-4-2-3-8(14)7-15;/h5-6,8H,2-4,7,14H2,1H3;1H. The molecule has 1 aromatic carbocycles. The lowest BCUT2D eigenvalue weighted by molar-refractivity contribution is -0.386. The number of hydrogen-bond acceptors (Lipinski definition) is 6. The molecule has 1 aromatic rings. The molecular formula is C12H17ClFN3O5S. The number of ether oxygens (including phenoxy) is 1. The number of rotatable bonds is 4. The molecule has 130 valence electrons. The van der Waals surface area contributed by atoms with Crippen molar-refractivity contribution < 1.29 is 22.5 Å². The largest absolute Gasteiger partial charge is 0.488 e. The number of sulfonamides is 1. The number of nitrogens with two attached hydrogens (primary N) is 1. The van der Waals surface area contributed by atoms with Gasteiger partial charge in [0.15, 0.2) is 5.82 Å². The zero-order valence-corrected chi connectivity index (χ0v) is 13.9. The zero-order valence-electron chi connectivity index (χ0n) is 12.3. The monoisotopic (exact) mass is 369 g/mol. The summed E-state index contributed by atoms with van der Waals surface area (Å²) in [5.74, 6) is -1.70. The molecule has 1 fully saturated rings.